The summed E-state index contributed by atoms with van der Waals surface area (Å²) in [5, 5.41) is 0. The molecule has 1 aliphatic carbocycles. The van der Waals surface area contributed by atoms with Gasteiger partial charge in [0.05, 0.1) is 13.2 Å². The summed E-state index contributed by atoms with van der Waals surface area (Å²) >= 11 is 0. The van der Waals surface area contributed by atoms with Gasteiger partial charge in [-0.05, 0) is 24.8 Å². The minimum absolute atomic E-state index is 0.410. The molecule has 2 nitrogen and oxygen atoms in total. The summed E-state index contributed by atoms with van der Waals surface area (Å²) in [6.07, 6.45) is 4.34. The Bertz CT molecular complexity index is 353. The van der Waals surface area contributed by atoms with Crippen LogP contribution in [0.5, 0.6) is 0 Å². The fourth-order valence-electron chi connectivity index (χ4n) is 2.63. The van der Waals surface area contributed by atoms with E-state index in [1.807, 2.05) is 0 Å². The quantitative estimate of drug-likeness (QED) is 0.646. The molecule has 0 atom stereocenters. The molecule has 1 aliphatic heterocycles. The van der Waals surface area contributed by atoms with Crippen molar-refractivity contribution in [2.24, 2.45) is 0 Å². The number of hydrogen-bond donors (Lipinski definition) is 0. The lowest BCUT2D eigenvalue weighted by atomic mass is 9.86. The van der Waals surface area contributed by atoms with Crippen LogP contribution >= 0.6 is 0 Å². The smallest absolute Gasteiger partial charge is 0.195 e. The Morgan fingerprint density at radius 3 is 2.67 bits per heavy atom. The van der Waals surface area contributed by atoms with E-state index in [0.717, 1.165) is 38.9 Å². The van der Waals surface area contributed by atoms with Crippen LogP contribution in [0.15, 0.2) is 24.3 Å². The molecule has 1 fully saturated rings. The molecule has 1 aromatic rings. The minimum Gasteiger partial charge on any atom is -0.346 e. The summed E-state index contributed by atoms with van der Waals surface area (Å²) in [4.78, 5) is 0. The molecule has 0 radical (unpaired) electrons. The molecule has 0 amide bonds. The van der Waals surface area contributed by atoms with Crippen molar-refractivity contribution in [3.8, 4) is 0 Å². The van der Waals surface area contributed by atoms with Gasteiger partial charge in [-0.15, -0.1) is 0 Å². The second kappa shape index (κ2) is 3.62. The first kappa shape index (κ1) is 9.37. The highest BCUT2D eigenvalue weighted by atomic mass is 16.7. The van der Waals surface area contributed by atoms with Crippen molar-refractivity contribution in [3.05, 3.63) is 35.4 Å². The number of fused-ring (bicyclic) bond motifs is 2. The molecule has 0 bridgehead atoms. The first-order chi connectivity index (χ1) is 7.41. The van der Waals surface area contributed by atoms with E-state index in [9.17, 15) is 0 Å². The molecule has 0 N–H and O–H groups in total. The Morgan fingerprint density at radius 2 is 1.80 bits per heavy atom. The van der Waals surface area contributed by atoms with Crippen LogP contribution in [0.2, 0.25) is 0 Å². The highest BCUT2D eigenvalue weighted by Gasteiger charge is 2.40. The number of ether oxygens (including phenoxy) is 2. The molecule has 1 spiro atoms. The summed E-state index contributed by atoms with van der Waals surface area (Å²) in [7, 11) is 0. The maximum Gasteiger partial charge on any atom is 0.195 e. The molecule has 0 saturated carbocycles. The van der Waals surface area contributed by atoms with Gasteiger partial charge in [0.2, 0.25) is 0 Å². The third-order valence-electron chi connectivity index (χ3n) is 3.34. The molecule has 3 rings (SSSR count). The number of benzene rings is 1. The summed E-state index contributed by atoms with van der Waals surface area (Å²) in [6.45, 7) is 1.66. The molecule has 15 heavy (non-hydrogen) atoms. The lowest BCUT2D eigenvalue weighted by Gasteiger charge is -2.41. The van der Waals surface area contributed by atoms with Crippen LogP contribution in [0.25, 0.3) is 0 Å². The van der Waals surface area contributed by atoms with Crippen LogP contribution in [0, 0.1) is 0 Å². The largest absolute Gasteiger partial charge is 0.346 e. The molecule has 1 saturated heterocycles. The topological polar surface area (TPSA) is 18.5 Å². The highest BCUT2D eigenvalue weighted by molar-refractivity contribution is 5.33. The van der Waals surface area contributed by atoms with E-state index in [4.69, 9.17) is 9.47 Å². The van der Waals surface area contributed by atoms with E-state index >= 15 is 0 Å². The summed E-state index contributed by atoms with van der Waals surface area (Å²) in [5.74, 6) is -0.410. The maximum atomic E-state index is 5.91. The second-order valence-corrected chi connectivity index (χ2v) is 4.31. The molecule has 1 heterocycles. The number of hydrogen-bond acceptors (Lipinski definition) is 2. The van der Waals surface area contributed by atoms with Crippen LogP contribution < -0.4 is 0 Å². The Balaban J connectivity index is 2.04. The van der Waals surface area contributed by atoms with E-state index in [2.05, 4.69) is 24.3 Å². The Morgan fingerprint density at radius 1 is 1.00 bits per heavy atom. The Kier molecular flexibility index (Phi) is 2.26. The number of rotatable bonds is 0. The van der Waals surface area contributed by atoms with Gasteiger partial charge in [-0.3, -0.25) is 0 Å². The zero-order valence-corrected chi connectivity index (χ0v) is 8.87. The molecule has 1 aromatic carbocycles. The number of aryl methyl sites for hydroxylation is 1. The van der Waals surface area contributed by atoms with E-state index in [1.165, 1.54) is 11.1 Å². The van der Waals surface area contributed by atoms with E-state index in [-0.39, 0.29) is 0 Å². The highest BCUT2D eigenvalue weighted by Crippen LogP contribution is 2.41. The van der Waals surface area contributed by atoms with Gasteiger partial charge in [0.25, 0.3) is 0 Å². The van der Waals surface area contributed by atoms with Crippen LogP contribution in [0.4, 0.5) is 0 Å². The molecular formula is C13H16O2. The van der Waals surface area contributed by atoms with Crippen molar-refractivity contribution in [3.63, 3.8) is 0 Å². The van der Waals surface area contributed by atoms with Gasteiger partial charge in [0.1, 0.15) is 0 Å². The van der Waals surface area contributed by atoms with E-state index in [1.54, 1.807) is 0 Å². The normalized spacial score (nSPS) is 23.7. The zero-order valence-electron chi connectivity index (χ0n) is 8.87. The van der Waals surface area contributed by atoms with Crippen molar-refractivity contribution >= 4 is 0 Å². The molecule has 0 aromatic heterocycles. The molecule has 0 unspecified atom stereocenters. The third kappa shape index (κ3) is 1.48. The average molecular weight is 204 g/mol. The minimum atomic E-state index is -0.410. The fourth-order valence-corrected chi connectivity index (χ4v) is 2.63. The predicted octanol–water partition coefficient (Wildman–Crippen LogP) is 2.61. The lowest BCUT2D eigenvalue weighted by Crippen LogP contribution is -2.40. The van der Waals surface area contributed by atoms with Crippen molar-refractivity contribution < 1.29 is 9.47 Å². The molecular weight excluding hydrogens is 188 g/mol. The average Bonchev–Trinajstić information content (AvgIpc) is 2.31. The maximum absolute atomic E-state index is 5.91. The van der Waals surface area contributed by atoms with Crippen LogP contribution in [-0.4, -0.2) is 13.2 Å². The van der Waals surface area contributed by atoms with Crippen LogP contribution in [0.1, 0.15) is 30.4 Å². The van der Waals surface area contributed by atoms with E-state index < -0.39 is 5.79 Å². The van der Waals surface area contributed by atoms with Gasteiger partial charge >= 0.3 is 0 Å². The first-order valence-corrected chi connectivity index (χ1v) is 5.77. The second-order valence-electron chi connectivity index (χ2n) is 4.31. The predicted molar refractivity (Wildman–Crippen MR) is 57.6 cm³/mol. The van der Waals surface area contributed by atoms with Crippen molar-refractivity contribution in [2.75, 3.05) is 13.2 Å². The van der Waals surface area contributed by atoms with Gasteiger partial charge in [0, 0.05) is 12.0 Å². The van der Waals surface area contributed by atoms with Gasteiger partial charge in [0.15, 0.2) is 5.79 Å². The van der Waals surface area contributed by atoms with E-state index in [0.29, 0.717) is 0 Å². The molecule has 80 valence electrons. The fraction of sp³-hybridized carbons (Fsp3) is 0.538. The SMILES string of the molecule is c1ccc2c(c1)CCCC21OCCCO1. The van der Waals surface area contributed by atoms with Gasteiger partial charge in [-0.2, -0.15) is 0 Å². The lowest BCUT2D eigenvalue weighted by molar-refractivity contribution is -0.283. The zero-order chi connectivity index (χ0) is 10.1. The van der Waals surface area contributed by atoms with Crippen molar-refractivity contribution in [2.45, 2.75) is 31.5 Å². The Labute approximate surface area is 90.2 Å². The van der Waals surface area contributed by atoms with Gasteiger partial charge in [-0.25, -0.2) is 0 Å². The Hall–Kier alpha value is -0.860. The molecule has 2 aliphatic rings. The van der Waals surface area contributed by atoms with Crippen molar-refractivity contribution in [1.82, 2.24) is 0 Å². The van der Waals surface area contributed by atoms with Crippen LogP contribution in [0.3, 0.4) is 0 Å². The van der Waals surface area contributed by atoms with Gasteiger partial charge < -0.3 is 9.47 Å². The third-order valence-corrected chi connectivity index (χ3v) is 3.34. The first-order valence-electron chi connectivity index (χ1n) is 5.77. The van der Waals surface area contributed by atoms with Crippen molar-refractivity contribution in [1.29, 1.82) is 0 Å². The standard InChI is InChI=1S/C13H16O2/c1-2-7-12-11(5-1)6-3-8-13(12)14-9-4-10-15-13/h1-2,5,7H,3-4,6,8-10H2. The molecule has 2 heteroatoms. The van der Waals surface area contributed by atoms with Gasteiger partial charge in [-0.1, -0.05) is 24.3 Å². The summed E-state index contributed by atoms with van der Waals surface area (Å²) in [5.41, 5.74) is 2.65. The summed E-state index contributed by atoms with van der Waals surface area (Å²) in [6, 6.07) is 8.52. The van der Waals surface area contributed by atoms with Crippen LogP contribution in [-0.2, 0) is 21.7 Å². The monoisotopic (exact) mass is 204 g/mol. The summed E-state index contributed by atoms with van der Waals surface area (Å²) < 4.78 is 11.8.